The van der Waals surface area contributed by atoms with Gasteiger partial charge in [0.1, 0.15) is 11.5 Å². The maximum atomic E-state index is 5.95. The molecule has 0 spiro atoms. The molecule has 0 aliphatic rings. The predicted molar refractivity (Wildman–Crippen MR) is 90.8 cm³/mol. The lowest BCUT2D eigenvalue weighted by atomic mass is 10.2. The summed E-state index contributed by atoms with van der Waals surface area (Å²) in [5, 5.41) is 3.33. The summed E-state index contributed by atoms with van der Waals surface area (Å²) in [5.41, 5.74) is 1.15. The van der Waals surface area contributed by atoms with Crippen LogP contribution in [0.2, 0.25) is 0 Å². The van der Waals surface area contributed by atoms with Crippen molar-refractivity contribution in [1.29, 1.82) is 0 Å². The number of hydrogen-bond donors (Lipinski definition) is 1. The van der Waals surface area contributed by atoms with Crippen LogP contribution in [0.5, 0.6) is 11.5 Å². The Bertz CT molecular complexity index is 542. The molecule has 0 atom stereocenters. The van der Waals surface area contributed by atoms with Crippen LogP contribution in [0.25, 0.3) is 0 Å². The zero-order chi connectivity index (χ0) is 13.7. The Kier molecular flexibility index (Phi) is 5.66. The molecule has 0 unspecified atom stereocenters. The quantitative estimate of drug-likeness (QED) is 0.676. The average molecular weight is 432 g/mol. The molecule has 2 aromatic carbocycles. The highest BCUT2D eigenvalue weighted by Gasteiger charge is 2.05. The Hall–Kier alpha value is -0.590. The molecule has 2 rings (SSSR count). The molecule has 0 fully saturated rings. The highest BCUT2D eigenvalue weighted by atomic mass is 127. The number of halogens is 2. The van der Waals surface area contributed by atoms with E-state index in [1.54, 1.807) is 0 Å². The molecular formula is C15H15BrINO. The lowest BCUT2D eigenvalue weighted by Gasteiger charge is -2.12. The topological polar surface area (TPSA) is 21.3 Å². The standard InChI is InChI=1S/C15H15BrINO/c1-2-18-10-11-9-12(16)3-8-15(11)19-14-6-4-13(17)5-7-14/h3-9,18H,2,10H2,1H3. The fourth-order valence-electron chi connectivity index (χ4n) is 1.68. The number of ether oxygens (including phenoxy) is 1. The first-order chi connectivity index (χ1) is 9.19. The monoisotopic (exact) mass is 431 g/mol. The number of rotatable bonds is 5. The van der Waals surface area contributed by atoms with Crippen molar-refractivity contribution in [3.63, 3.8) is 0 Å². The van der Waals surface area contributed by atoms with Crippen molar-refractivity contribution in [2.24, 2.45) is 0 Å². The smallest absolute Gasteiger partial charge is 0.131 e. The summed E-state index contributed by atoms with van der Waals surface area (Å²) in [4.78, 5) is 0. The zero-order valence-electron chi connectivity index (χ0n) is 10.6. The van der Waals surface area contributed by atoms with E-state index < -0.39 is 0 Å². The van der Waals surface area contributed by atoms with E-state index in [0.29, 0.717) is 0 Å². The first kappa shape index (κ1) is 14.8. The van der Waals surface area contributed by atoms with Crippen molar-refractivity contribution in [3.8, 4) is 11.5 Å². The zero-order valence-corrected chi connectivity index (χ0v) is 14.4. The maximum Gasteiger partial charge on any atom is 0.131 e. The second-order valence-corrected chi connectivity index (χ2v) is 6.25. The lowest BCUT2D eigenvalue weighted by molar-refractivity contribution is 0.473. The van der Waals surface area contributed by atoms with Gasteiger partial charge in [-0.05, 0) is 71.6 Å². The van der Waals surface area contributed by atoms with Gasteiger partial charge in [0.15, 0.2) is 0 Å². The SMILES string of the molecule is CCNCc1cc(Br)ccc1Oc1ccc(I)cc1. The van der Waals surface area contributed by atoms with E-state index in [-0.39, 0.29) is 0 Å². The summed E-state index contributed by atoms with van der Waals surface area (Å²) in [7, 11) is 0. The van der Waals surface area contributed by atoms with Crippen LogP contribution in [0.3, 0.4) is 0 Å². The van der Waals surface area contributed by atoms with E-state index >= 15 is 0 Å². The van der Waals surface area contributed by atoms with Gasteiger partial charge in [0.2, 0.25) is 0 Å². The molecule has 0 radical (unpaired) electrons. The molecular weight excluding hydrogens is 417 g/mol. The van der Waals surface area contributed by atoms with Crippen molar-refractivity contribution in [3.05, 3.63) is 56.1 Å². The molecule has 0 aliphatic carbocycles. The van der Waals surface area contributed by atoms with Gasteiger partial charge in [-0.2, -0.15) is 0 Å². The van der Waals surface area contributed by atoms with Crippen LogP contribution in [0.15, 0.2) is 46.9 Å². The van der Waals surface area contributed by atoms with Crippen LogP contribution in [0.1, 0.15) is 12.5 Å². The van der Waals surface area contributed by atoms with Crippen LogP contribution in [0.4, 0.5) is 0 Å². The van der Waals surface area contributed by atoms with Gasteiger partial charge in [-0.1, -0.05) is 22.9 Å². The van der Waals surface area contributed by atoms with E-state index in [1.165, 1.54) is 3.57 Å². The molecule has 0 saturated carbocycles. The van der Waals surface area contributed by atoms with Gasteiger partial charge < -0.3 is 10.1 Å². The summed E-state index contributed by atoms with van der Waals surface area (Å²) in [6, 6.07) is 14.1. The number of benzene rings is 2. The number of nitrogens with one attached hydrogen (secondary N) is 1. The van der Waals surface area contributed by atoms with Crippen LogP contribution < -0.4 is 10.1 Å². The molecule has 1 N–H and O–H groups in total. The molecule has 0 amide bonds. The van der Waals surface area contributed by atoms with Crippen LogP contribution >= 0.6 is 38.5 Å². The fraction of sp³-hybridized carbons (Fsp3) is 0.200. The first-order valence-electron chi connectivity index (χ1n) is 6.11. The molecule has 0 saturated heterocycles. The van der Waals surface area contributed by atoms with Gasteiger partial charge in [-0.3, -0.25) is 0 Å². The molecule has 0 aromatic heterocycles. The first-order valence-corrected chi connectivity index (χ1v) is 7.99. The van der Waals surface area contributed by atoms with Crippen molar-refractivity contribution in [2.45, 2.75) is 13.5 Å². The molecule has 19 heavy (non-hydrogen) atoms. The minimum atomic E-state index is 0.801. The molecule has 0 aliphatic heterocycles. The Morgan fingerprint density at radius 2 is 1.89 bits per heavy atom. The third-order valence-electron chi connectivity index (χ3n) is 2.63. The van der Waals surface area contributed by atoms with Crippen molar-refractivity contribution < 1.29 is 4.74 Å². The summed E-state index contributed by atoms with van der Waals surface area (Å²) in [5.74, 6) is 1.76. The highest BCUT2D eigenvalue weighted by Crippen LogP contribution is 2.28. The van der Waals surface area contributed by atoms with Crippen molar-refractivity contribution in [2.75, 3.05) is 6.54 Å². The van der Waals surface area contributed by atoms with E-state index in [9.17, 15) is 0 Å². The van der Waals surface area contributed by atoms with E-state index in [0.717, 1.165) is 34.6 Å². The second-order valence-electron chi connectivity index (χ2n) is 4.09. The average Bonchev–Trinajstić information content (AvgIpc) is 2.41. The third kappa shape index (κ3) is 4.47. The highest BCUT2D eigenvalue weighted by molar-refractivity contribution is 14.1. The number of hydrogen-bond acceptors (Lipinski definition) is 2. The van der Waals surface area contributed by atoms with Gasteiger partial charge >= 0.3 is 0 Å². The summed E-state index contributed by atoms with van der Waals surface area (Å²) < 4.78 is 8.22. The minimum Gasteiger partial charge on any atom is -0.457 e. The van der Waals surface area contributed by atoms with Gasteiger partial charge in [0.25, 0.3) is 0 Å². The maximum absolute atomic E-state index is 5.95. The lowest BCUT2D eigenvalue weighted by Crippen LogP contribution is -2.12. The largest absolute Gasteiger partial charge is 0.457 e. The normalized spacial score (nSPS) is 10.5. The predicted octanol–water partition coefficient (Wildman–Crippen LogP) is 4.96. The Labute approximate surface area is 135 Å². The third-order valence-corrected chi connectivity index (χ3v) is 3.84. The molecule has 2 aromatic rings. The fourth-order valence-corrected chi connectivity index (χ4v) is 2.44. The summed E-state index contributed by atoms with van der Waals surface area (Å²) >= 11 is 5.78. The van der Waals surface area contributed by atoms with Gasteiger partial charge in [0, 0.05) is 20.2 Å². The summed E-state index contributed by atoms with van der Waals surface area (Å²) in [6.45, 7) is 3.84. The second kappa shape index (κ2) is 7.26. The van der Waals surface area contributed by atoms with E-state index in [1.807, 2.05) is 36.4 Å². The van der Waals surface area contributed by atoms with Crippen molar-refractivity contribution in [1.82, 2.24) is 5.32 Å². The van der Waals surface area contributed by atoms with Crippen LogP contribution in [-0.4, -0.2) is 6.54 Å². The Balaban J connectivity index is 2.20. The molecule has 0 heterocycles. The van der Waals surface area contributed by atoms with Crippen LogP contribution in [-0.2, 0) is 6.54 Å². The van der Waals surface area contributed by atoms with Crippen molar-refractivity contribution >= 4 is 38.5 Å². The molecule has 0 bridgehead atoms. The molecule has 2 nitrogen and oxygen atoms in total. The Morgan fingerprint density at radius 3 is 2.58 bits per heavy atom. The summed E-state index contributed by atoms with van der Waals surface area (Å²) in [6.07, 6.45) is 0. The van der Waals surface area contributed by atoms with Crippen LogP contribution in [0, 0.1) is 3.57 Å². The minimum absolute atomic E-state index is 0.801. The van der Waals surface area contributed by atoms with Gasteiger partial charge in [-0.15, -0.1) is 0 Å². The van der Waals surface area contributed by atoms with E-state index in [4.69, 9.17) is 4.74 Å². The molecule has 100 valence electrons. The molecule has 4 heteroatoms. The van der Waals surface area contributed by atoms with E-state index in [2.05, 4.69) is 56.8 Å². The Morgan fingerprint density at radius 1 is 1.16 bits per heavy atom. The van der Waals surface area contributed by atoms with Gasteiger partial charge in [-0.25, -0.2) is 0 Å². The van der Waals surface area contributed by atoms with Gasteiger partial charge in [0.05, 0.1) is 0 Å².